The maximum Gasteiger partial charge on any atom is 0.211 e. The lowest BCUT2D eigenvalue weighted by molar-refractivity contribution is -0.105. The first-order valence-electron chi connectivity index (χ1n) is 6.05. The van der Waals surface area contributed by atoms with E-state index in [4.69, 9.17) is 10.5 Å². The second kappa shape index (κ2) is 6.94. The van der Waals surface area contributed by atoms with Gasteiger partial charge in [0, 0.05) is 5.75 Å². The summed E-state index contributed by atoms with van der Waals surface area (Å²) in [6, 6.07) is 7.44. The molecule has 2 rings (SSSR count). The average Bonchev–Trinajstić information content (AvgIpc) is 2.51. The highest BCUT2D eigenvalue weighted by Gasteiger charge is 2.13. The van der Waals surface area contributed by atoms with E-state index in [-0.39, 0.29) is 10.7 Å². The van der Waals surface area contributed by atoms with Gasteiger partial charge in [-0.25, -0.2) is 9.37 Å². The Hall–Kier alpha value is -2.28. The first-order valence-corrected chi connectivity index (χ1v) is 7.04. The number of halogens is 1. The standard InChI is InChI=1S/C14H14FN3O2S/c1-20-10-4-2-9(3-5-10)7-21-13-11(18-8-19)6-17-14(16)12(13)15/h2-6,8H,7H2,1H3,(H2,16,17)(H,18,19). The first-order chi connectivity index (χ1) is 10.2. The van der Waals surface area contributed by atoms with Gasteiger partial charge in [0.2, 0.25) is 6.41 Å². The maximum absolute atomic E-state index is 14.0. The summed E-state index contributed by atoms with van der Waals surface area (Å²) in [4.78, 5) is 14.5. The van der Waals surface area contributed by atoms with E-state index in [9.17, 15) is 9.18 Å². The van der Waals surface area contributed by atoms with Crippen LogP contribution in [0.3, 0.4) is 0 Å². The van der Waals surface area contributed by atoms with Crippen LogP contribution < -0.4 is 15.8 Å². The number of nitrogens with two attached hydrogens (primary N) is 1. The van der Waals surface area contributed by atoms with Crippen molar-refractivity contribution in [3.05, 3.63) is 41.8 Å². The highest BCUT2D eigenvalue weighted by Crippen LogP contribution is 2.34. The van der Waals surface area contributed by atoms with Crippen molar-refractivity contribution in [2.24, 2.45) is 0 Å². The number of thioether (sulfide) groups is 1. The number of methoxy groups -OCH3 is 1. The molecule has 1 aromatic heterocycles. The number of pyridine rings is 1. The smallest absolute Gasteiger partial charge is 0.211 e. The van der Waals surface area contributed by atoms with Crippen LogP contribution in [0.2, 0.25) is 0 Å². The number of hydrogen-bond acceptors (Lipinski definition) is 5. The molecule has 0 bridgehead atoms. The molecule has 0 aliphatic heterocycles. The van der Waals surface area contributed by atoms with E-state index >= 15 is 0 Å². The fourth-order valence-corrected chi connectivity index (χ4v) is 2.67. The third-order valence-corrected chi connectivity index (χ3v) is 3.92. The Morgan fingerprint density at radius 3 is 2.76 bits per heavy atom. The lowest BCUT2D eigenvalue weighted by atomic mass is 10.2. The Morgan fingerprint density at radius 2 is 2.14 bits per heavy atom. The van der Waals surface area contributed by atoms with Gasteiger partial charge in [0.1, 0.15) is 5.75 Å². The maximum atomic E-state index is 14.0. The number of nitrogens with zero attached hydrogens (tertiary/aromatic N) is 1. The number of carbonyl (C=O) groups is 1. The van der Waals surface area contributed by atoms with Crippen LogP contribution >= 0.6 is 11.8 Å². The third-order valence-electron chi connectivity index (χ3n) is 2.76. The van der Waals surface area contributed by atoms with Crippen molar-refractivity contribution in [1.29, 1.82) is 0 Å². The Kier molecular flexibility index (Phi) is 4.99. The predicted octanol–water partition coefficient (Wildman–Crippen LogP) is 2.67. The van der Waals surface area contributed by atoms with Crippen molar-refractivity contribution < 1.29 is 13.9 Å². The van der Waals surface area contributed by atoms with E-state index in [2.05, 4.69) is 10.3 Å². The van der Waals surface area contributed by atoms with E-state index in [1.54, 1.807) is 7.11 Å². The molecule has 1 heterocycles. The molecule has 0 saturated carbocycles. The van der Waals surface area contributed by atoms with Gasteiger partial charge in [0.25, 0.3) is 0 Å². The van der Waals surface area contributed by atoms with Crippen molar-refractivity contribution in [2.75, 3.05) is 18.2 Å². The third kappa shape index (κ3) is 3.63. The molecule has 0 radical (unpaired) electrons. The predicted molar refractivity (Wildman–Crippen MR) is 80.8 cm³/mol. The molecule has 21 heavy (non-hydrogen) atoms. The topological polar surface area (TPSA) is 77.2 Å². The van der Waals surface area contributed by atoms with Gasteiger partial charge in [-0.3, -0.25) is 4.79 Å². The normalized spacial score (nSPS) is 10.2. The van der Waals surface area contributed by atoms with Crippen molar-refractivity contribution in [2.45, 2.75) is 10.6 Å². The van der Waals surface area contributed by atoms with Crippen molar-refractivity contribution in [1.82, 2.24) is 4.98 Å². The molecule has 0 atom stereocenters. The molecule has 0 saturated heterocycles. The highest BCUT2D eigenvalue weighted by atomic mass is 32.2. The Labute approximate surface area is 125 Å². The number of carbonyl (C=O) groups excluding carboxylic acids is 1. The number of nitrogen functional groups attached to an aromatic ring is 1. The van der Waals surface area contributed by atoms with Crippen LogP contribution in [0.25, 0.3) is 0 Å². The molecule has 1 amide bonds. The van der Waals surface area contributed by atoms with Crippen LogP contribution in [0.1, 0.15) is 5.56 Å². The molecule has 5 nitrogen and oxygen atoms in total. The molecule has 0 aliphatic carbocycles. The van der Waals surface area contributed by atoms with Gasteiger partial charge in [-0.1, -0.05) is 12.1 Å². The van der Waals surface area contributed by atoms with E-state index in [1.807, 2.05) is 24.3 Å². The van der Waals surface area contributed by atoms with Crippen LogP contribution in [0.5, 0.6) is 5.75 Å². The van der Waals surface area contributed by atoms with Crippen LogP contribution in [0, 0.1) is 5.82 Å². The molecule has 1 aromatic carbocycles. The quantitative estimate of drug-likeness (QED) is 0.634. The van der Waals surface area contributed by atoms with Crippen LogP contribution in [-0.4, -0.2) is 18.5 Å². The number of anilines is 2. The van der Waals surface area contributed by atoms with Crippen molar-refractivity contribution >= 4 is 29.7 Å². The van der Waals surface area contributed by atoms with Gasteiger partial charge in [0.05, 0.1) is 23.9 Å². The summed E-state index contributed by atoms with van der Waals surface area (Å²) in [5.74, 6) is 0.466. The second-order valence-electron chi connectivity index (χ2n) is 4.10. The Bertz CT molecular complexity index is 635. The fraction of sp³-hybridized carbons (Fsp3) is 0.143. The molecule has 2 aromatic rings. The number of amides is 1. The molecule has 3 N–H and O–H groups in total. The van der Waals surface area contributed by atoms with E-state index < -0.39 is 5.82 Å². The second-order valence-corrected chi connectivity index (χ2v) is 5.08. The molecular formula is C14H14FN3O2S. The molecular weight excluding hydrogens is 293 g/mol. The molecule has 0 spiro atoms. The van der Waals surface area contributed by atoms with Gasteiger partial charge in [-0.15, -0.1) is 11.8 Å². The number of benzene rings is 1. The number of aromatic nitrogens is 1. The summed E-state index contributed by atoms with van der Waals surface area (Å²) < 4.78 is 19.1. The van der Waals surface area contributed by atoms with Gasteiger partial charge in [-0.2, -0.15) is 0 Å². The summed E-state index contributed by atoms with van der Waals surface area (Å²) in [6.07, 6.45) is 1.81. The summed E-state index contributed by atoms with van der Waals surface area (Å²) >= 11 is 1.24. The minimum Gasteiger partial charge on any atom is -0.497 e. The summed E-state index contributed by atoms with van der Waals surface area (Å²) in [5, 5.41) is 2.42. The van der Waals surface area contributed by atoms with Gasteiger partial charge >= 0.3 is 0 Å². The Morgan fingerprint density at radius 1 is 1.43 bits per heavy atom. The van der Waals surface area contributed by atoms with Gasteiger partial charge < -0.3 is 15.8 Å². The van der Waals surface area contributed by atoms with E-state index in [0.29, 0.717) is 17.9 Å². The highest BCUT2D eigenvalue weighted by molar-refractivity contribution is 7.98. The van der Waals surface area contributed by atoms with Crippen molar-refractivity contribution in [3.63, 3.8) is 0 Å². The molecule has 7 heteroatoms. The molecule has 0 aliphatic rings. The lowest BCUT2D eigenvalue weighted by Gasteiger charge is -2.10. The Balaban J connectivity index is 2.17. The zero-order chi connectivity index (χ0) is 15.2. The zero-order valence-electron chi connectivity index (χ0n) is 11.3. The number of nitrogens with one attached hydrogen (secondary N) is 1. The number of rotatable bonds is 6. The van der Waals surface area contributed by atoms with Gasteiger partial charge in [0.15, 0.2) is 11.6 Å². The van der Waals surface area contributed by atoms with Crippen LogP contribution in [0.4, 0.5) is 15.9 Å². The SMILES string of the molecule is COc1ccc(CSc2c(NC=O)cnc(N)c2F)cc1. The molecule has 110 valence electrons. The lowest BCUT2D eigenvalue weighted by Crippen LogP contribution is -2.03. The monoisotopic (exact) mass is 307 g/mol. The van der Waals surface area contributed by atoms with Crippen molar-refractivity contribution in [3.8, 4) is 5.75 Å². The molecule has 0 unspecified atom stereocenters. The van der Waals surface area contributed by atoms with E-state index in [0.717, 1.165) is 11.3 Å². The van der Waals surface area contributed by atoms with E-state index in [1.165, 1.54) is 18.0 Å². The minimum atomic E-state index is -0.625. The minimum absolute atomic E-state index is 0.191. The first kappa shape index (κ1) is 15.1. The number of hydrogen-bond donors (Lipinski definition) is 2. The summed E-state index contributed by atoms with van der Waals surface area (Å²) in [6.45, 7) is 0. The van der Waals surface area contributed by atoms with Crippen LogP contribution in [-0.2, 0) is 10.5 Å². The zero-order valence-corrected chi connectivity index (χ0v) is 12.1. The van der Waals surface area contributed by atoms with Gasteiger partial charge in [-0.05, 0) is 17.7 Å². The fourth-order valence-electron chi connectivity index (χ4n) is 1.67. The summed E-state index contributed by atoms with van der Waals surface area (Å²) in [5.41, 5.74) is 6.75. The average molecular weight is 307 g/mol. The summed E-state index contributed by atoms with van der Waals surface area (Å²) in [7, 11) is 1.59. The van der Waals surface area contributed by atoms with Crippen LogP contribution in [0.15, 0.2) is 35.4 Å². The largest absolute Gasteiger partial charge is 0.497 e. The molecule has 0 fully saturated rings. The number of ether oxygens (including phenoxy) is 1.